The molecule has 2 aromatic carbocycles. The van der Waals surface area contributed by atoms with Gasteiger partial charge in [-0.2, -0.15) is 0 Å². The first-order valence-electron chi connectivity index (χ1n) is 10.7. The summed E-state index contributed by atoms with van der Waals surface area (Å²) in [6.45, 7) is 4.55. The molecule has 2 amide bonds. The fraction of sp³-hybridized carbons (Fsp3) is 0.280. The molecule has 4 rings (SSSR count). The highest BCUT2D eigenvalue weighted by Gasteiger charge is 2.29. The minimum atomic E-state index is -0.484. The second kappa shape index (κ2) is 9.53. The van der Waals surface area contributed by atoms with E-state index in [1.54, 1.807) is 18.2 Å². The Labute approximate surface area is 190 Å². The van der Waals surface area contributed by atoms with Crippen molar-refractivity contribution in [3.63, 3.8) is 0 Å². The standard InChI is InChI=1S/C25H25FN2O3S/c1-3-31-20-10-5-4-9-19(20)27-24(30)22-18-12-11-15(2)13-21(18)32-25(22)28-23(29)16-7-6-8-17(26)14-16/h4-10,14-15H,3,11-13H2,1-2H3,(H,27,30)(H,28,29). The highest BCUT2D eigenvalue weighted by atomic mass is 32.1. The van der Waals surface area contributed by atoms with Crippen LogP contribution in [0.2, 0.25) is 0 Å². The Morgan fingerprint density at radius 3 is 2.72 bits per heavy atom. The first-order chi connectivity index (χ1) is 15.5. The van der Waals surface area contributed by atoms with Crippen molar-refractivity contribution in [1.29, 1.82) is 0 Å². The zero-order valence-electron chi connectivity index (χ0n) is 18.0. The van der Waals surface area contributed by atoms with E-state index >= 15 is 0 Å². The molecule has 1 heterocycles. The average molecular weight is 453 g/mol. The first-order valence-corrected chi connectivity index (χ1v) is 11.5. The highest BCUT2D eigenvalue weighted by molar-refractivity contribution is 7.17. The van der Waals surface area contributed by atoms with Crippen LogP contribution >= 0.6 is 11.3 Å². The number of fused-ring (bicyclic) bond motifs is 1. The molecule has 0 bridgehead atoms. The maximum atomic E-state index is 13.6. The van der Waals surface area contributed by atoms with Crippen LogP contribution in [0.15, 0.2) is 48.5 Å². The van der Waals surface area contributed by atoms with Gasteiger partial charge >= 0.3 is 0 Å². The van der Waals surface area contributed by atoms with Crippen LogP contribution in [0.4, 0.5) is 15.1 Å². The second-order valence-electron chi connectivity index (χ2n) is 7.90. The van der Waals surface area contributed by atoms with Gasteiger partial charge in [0.2, 0.25) is 0 Å². The molecular formula is C25H25FN2O3S. The van der Waals surface area contributed by atoms with E-state index in [9.17, 15) is 14.0 Å². The van der Waals surface area contributed by atoms with Crippen molar-refractivity contribution >= 4 is 33.8 Å². The number of para-hydroxylation sites is 2. The van der Waals surface area contributed by atoms with Crippen molar-refractivity contribution in [2.45, 2.75) is 33.1 Å². The summed E-state index contributed by atoms with van der Waals surface area (Å²) in [6, 6.07) is 12.8. The lowest BCUT2D eigenvalue weighted by atomic mass is 9.88. The molecule has 7 heteroatoms. The molecule has 5 nitrogen and oxygen atoms in total. The van der Waals surface area contributed by atoms with Gasteiger partial charge in [-0.25, -0.2) is 4.39 Å². The number of carbonyl (C=O) groups is 2. The number of ether oxygens (including phenoxy) is 1. The van der Waals surface area contributed by atoms with Gasteiger partial charge in [0, 0.05) is 10.4 Å². The molecule has 2 N–H and O–H groups in total. The Kier molecular flexibility index (Phi) is 6.55. The van der Waals surface area contributed by atoms with Gasteiger partial charge < -0.3 is 15.4 Å². The van der Waals surface area contributed by atoms with Gasteiger partial charge in [-0.15, -0.1) is 11.3 Å². The summed E-state index contributed by atoms with van der Waals surface area (Å²) < 4.78 is 19.2. The Hall–Kier alpha value is -3.19. The molecule has 1 unspecified atom stereocenters. The van der Waals surface area contributed by atoms with E-state index in [1.807, 2.05) is 19.1 Å². The third-order valence-electron chi connectivity index (χ3n) is 5.49. The quantitative estimate of drug-likeness (QED) is 0.488. The summed E-state index contributed by atoms with van der Waals surface area (Å²) in [5, 5.41) is 6.30. The molecule has 3 aromatic rings. The van der Waals surface area contributed by atoms with Gasteiger partial charge in [-0.05, 0) is 68.0 Å². The van der Waals surface area contributed by atoms with E-state index in [0.717, 1.165) is 29.7 Å². The molecule has 0 radical (unpaired) electrons. The number of anilines is 2. The maximum Gasteiger partial charge on any atom is 0.259 e. The van der Waals surface area contributed by atoms with Gasteiger partial charge in [0.15, 0.2) is 0 Å². The minimum Gasteiger partial charge on any atom is -0.492 e. The van der Waals surface area contributed by atoms with Crippen molar-refractivity contribution in [3.8, 4) is 5.75 Å². The lowest BCUT2D eigenvalue weighted by molar-refractivity contribution is 0.102. The third-order valence-corrected chi connectivity index (χ3v) is 6.66. The number of halogens is 1. The first kappa shape index (κ1) is 22.0. The predicted octanol–water partition coefficient (Wildman–Crippen LogP) is 5.92. The summed E-state index contributed by atoms with van der Waals surface area (Å²) in [5.74, 6) is -0.116. The van der Waals surface area contributed by atoms with Crippen LogP contribution in [-0.2, 0) is 12.8 Å². The fourth-order valence-corrected chi connectivity index (χ4v) is 5.32. The zero-order chi connectivity index (χ0) is 22.7. The average Bonchev–Trinajstić information content (AvgIpc) is 3.12. The molecule has 1 aliphatic rings. The highest BCUT2D eigenvalue weighted by Crippen LogP contribution is 2.40. The van der Waals surface area contributed by atoms with E-state index in [2.05, 4.69) is 17.6 Å². The van der Waals surface area contributed by atoms with E-state index in [1.165, 1.54) is 29.5 Å². The molecule has 0 aliphatic heterocycles. The predicted molar refractivity (Wildman–Crippen MR) is 125 cm³/mol. The van der Waals surface area contributed by atoms with Crippen molar-refractivity contribution in [2.24, 2.45) is 5.92 Å². The van der Waals surface area contributed by atoms with Gasteiger partial charge in [-0.3, -0.25) is 9.59 Å². The number of hydrogen-bond donors (Lipinski definition) is 2. The van der Waals surface area contributed by atoms with Crippen molar-refractivity contribution in [3.05, 3.63) is 75.9 Å². The summed E-state index contributed by atoms with van der Waals surface area (Å²) >= 11 is 1.43. The van der Waals surface area contributed by atoms with Crippen LogP contribution in [-0.4, -0.2) is 18.4 Å². The summed E-state index contributed by atoms with van der Waals surface area (Å²) in [5.41, 5.74) is 2.24. The number of rotatable bonds is 6. The van der Waals surface area contributed by atoms with E-state index in [4.69, 9.17) is 4.74 Å². The number of hydrogen-bond acceptors (Lipinski definition) is 4. The largest absolute Gasteiger partial charge is 0.492 e. The normalized spacial score (nSPS) is 15.0. The van der Waals surface area contributed by atoms with Crippen LogP contribution in [0, 0.1) is 11.7 Å². The number of benzene rings is 2. The fourth-order valence-electron chi connectivity index (χ4n) is 3.92. The molecule has 0 spiro atoms. The van der Waals surface area contributed by atoms with Crippen LogP contribution in [0.25, 0.3) is 0 Å². The summed E-state index contributed by atoms with van der Waals surface area (Å²) in [6.07, 6.45) is 2.63. The molecule has 166 valence electrons. The number of nitrogens with one attached hydrogen (secondary N) is 2. The van der Waals surface area contributed by atoms with Crippen molar-refractivity contribution in [1.82, 2.24) is 0 Å². The molecule has 1 aromatic heterocycles. The maximum absolute atomic E-state index is 13.6. The monoisotopic (exact) mass is 452 g/mol. The second-order valence-corrected chi connectivity index (χ2v) is 9.01. The van der Waals surface area contributed by atoms with E-state index in [-0.39, 0.29) is 11.5 Å². The van der Waals surface area contributed by atoms with Crippen molar-refractivity contribution < 1.29 is 18.7 Å². The van der Waals surface area contributed by atoms with Gasteiger partial charge in [0.1, 0.15) is 16.6 Å². The Morgan fingerprint density at radius 1 is 1.12 bits per heavy atom. The SMILES string of the molecule is CCOc1ccccc1NC(=O)c1c(NC(=O)c2cccc(F)c2)sc2c1CCC(C)C2. The third kappa shape index (κ3) is 4.67. The lowest BCUT2D eigenvalue weighted by Crippen LogP contribution is -2.20. The Bertz CT molecular complexity index is 1160. The smallest absolute Gasteiger partial charge is 0.259 e. The van der Waals surface area contributed by atoms with E-state index < -0.39 is 11.7 Å². The molecule has 0 saturated carbocycles. The number of carbonyl (C=O) groups excluding carboxylic acids is 2. The van der Waals surface area contributed by atoms with Gasteiger partial charge in [0.05, 0.1) is 17.9 Å². The molecule has 1 atom stereocenters. The van der Waals surface area contributed by atoms with Crippen molar-refractivity contribution in [2.75, 3.05) is 17.2 Å². The van der Waals surface area contributed by atoms with E-state index in [0.29, 0.717) is 34.5 Å². The Balaban J connectivity index is 1.67. The minimum absolute atomic E-state index is 0.206. The zero-order valence-corrected chi connectivity index (χ0v) is 18.9. The van der Waals surface area contributed by atoms with Gasteiger partial charge in [0.25, 0.3) is 11.8 Å². The molecule has 1 aliphatic carbocycles. The topological polar surface area (TPSA) is 67.4 Å². The Morgan fingerprint density at radius 2 is 1.94 bits per heavy atom. The summed E-state index contributed by atoms with van der Waals surface area (Å²) in [4.78, 5) is 27.3. The molecule has 0 saturated heterocycles. The number of amides is 2. The van der Waals surface area contributed by atoms with Crippen LogP contribution in [0.5, 0.6) is 5.75 Å². The van der Waals surface area contributed by atoms with Crippen LogP contribution < -0.4 is 15.4 Å². The summed E-state index contributed by atoms with van der Waals surface area (Å²) in [7, 11) is 0. The van der Waals surface area contributed by atoms with Crippen LogP contribution in [0.3, 0.4) is 0 Å². The lowest BCUT2D eigenvalue weighted by Gasteiger charge is -2.19. The molecular weight excluding hydrogens is 427 g/mol. The number of thiophene rings is 1. The van der Waals surface area contributed by atoms with Crippen LogP contribution in [0.1, 0.15) is 51.4 Å². The van der Waals surface area contributed by atoms with Gasteiger partial charge in [-0.1, -0.05) is 25.1 Å². The molecule has 32 heavy (non-hydrogen) atoms. The molecule has 0 fully saturated rings.